The Morgan fingerprint density at radius 3 is 2.05 bits per heavy atom. The van der Waals surface area contributed by atoms with Crippen LogP contribution in [0, 0.1) is 13.8 Å². The maximum absolute atomic E-state index is 13.9. The van der Waals surface area contributed by atoms with Gasteiger partial charge in [-0.1, -0.05) is 90.0 Å². The van der Waals surface area contributed by atoms with Gasteiger partial charge in [-0.25, -0.2) is 22.2 Å². The summed E-state index contributed by atoms with van der Waals surface area (Å²) >= 11 is 0. The summed E-state index contributed by atoms with van der Waals surface area (Å²) in [5.74, 6) is -0.952. The Hall–Kier alpha value is -6.36. The summed E-state index contributed by atoms with van der Waals surface area (Å²) in [5.41, 5.74) is 2.62. The third-order valence-corrected chi connectivity index (χ3v) is 13.3. The Labute approximate surface area is 374 Å². The number of benzene rings is 5. The molecule has 16 heteroatoms. The van der Waals surface area contributed by atoms with E-state index in [-0.39, 0.29) is 53.7 Å². The normalized spacial score (nSPS) is 12.9. The van der Waals surface area contributed by atoms with Crippen LogP contribution < -0.4 is 10.6 Å². The minimum atomic E-state index is -4.05. The van der Waals surface area contributed by atoms with Crippen LogP contribution in [0.1, 0.15) is 85.0 Å². The third-order valence-electron chi connectivity index (χ3n) is 10.3. The third kappa shape index (κ3) is 12.0. The van der Waals surface area contributed by atoms with Gasteiger partial charge >= 0.3 is 6.09 Å². The molecule has 0 saturated heterocycles. The fraction of sp³-hybridized carbons (Fsp3) is 0.292. The van der Waals surface area contributed by atoms with Gasteiger partial charge in [0.25, 0.3) is 26.0 Å². The number of hydrogen-bond acceptors (Lipinski definition) is 10. The quantitative estimate of drug-likeness (QED) is 0.0672. The van der Waals surface area contributed by atoms with E-state index in [0.29, 0.717) is 5.56 Å². The average molecular weight is 908 g/mol. The summed E-state index contributed by atoms with van der Waals surface area (Å²) in [5, 5.41) is 7.83. The molecule has 0 radical (unpaired) electrons. The van der Waals surface area contributed by atoms with Crippen LogP contribution in [0.4, 0.5) is 4.79 Å². The highest BCUT2D eigenvalue weighted by Crippen LogP contribution is 2.25. The Kier molecular flexibility index (Phi) is 14.7. The van der Waals surface area contributed by atoms with E-state index in [2.05, 4.69) is 15.6 Å². The molecule has 1 heterocycles. The van der Waals surface area contributed by atoms with Gasteiger partial charge in [0.1, 0.15) is 17.5 Å². The Bertz CT molecular complexity index is 2810. The first-order valence-corrected chi connectivity index (χ1v) is 23.6. The topological polar surface area (TPSA) is 183 Å². The molecule has 0 spiro atoms. The van der Waals surface area contributed by atoms with Gasteiger partial charge in [0, 0.05) is 24.5 Å². The Balaban J connectivity index is 1.18. The first-order chi connectivity index (χ1) is 30.3. The summed E-state index contributed by atoms with van der Waals surface area (Å²) < 4.78 is 65.0. The van der Waals surface area contributed by atoms with Crippen molar-refractivity contribution >= 4 is 48.8 Å². The molecule has 336 valence electrons. The van der Waals surface area contributed by atoms with Crippen LogP contribution in [0.15, 0.2) is 137 Å². The van der Waals surface area contributed by atoms with Gasteiger partial charge in [-0.15, -0.1) is 0 Å². The van der Waals surface area contributed by atoms with Crippen LogP contribution in [0.3, 0.4) is 0 Å². The fourth-order valence-electron chi connectivity index (χ4n) is 6.90. The zero-order chi connectivity index (χ0) is 46.2. The van der Waals surface area contributed by atoms with Crippen molar-refractivity contribution in [3.63, 3.8) is 0 Å². The first-order valence-electron chi connectivity index (χ1n) is 20.8. The summed E-state index contributed by atoms with van der Waals surface area (Å²) in [6, 6.07) is 31.2. The standard InChI is InChI=1S/C48H53N5O9S2/c1-33-16-24-39(25-17-33)63(57,58)53-29-28-49-44(53)32-52(47(56)62-48(4,5)6)31-36-20-22-38(23-21-36)45(54)51-43(15-10-30-61-64(59,60)40-26-18-34(2)19-27-40)46(55)50-35(3)41-14-9-12-37-11-7-8-13-42(37)41/h7-9,11-14,16-29,35,43H,10,15,30-32H2,1-6H3,(H,50,55)(H,51,54)/t35-,43-/m0/s1. The molecule has 0 aliphatic carbocycles. The number of aryl methyl sites for hydroxylation is 2. The molecular formula is C48H53N5O9S2. The minimum absolute atomic E-state index is 0.0135. The number of amides is 3. The van der Waals surface area contributed by atoms with Gasteiger partial charge < -0.3 is 15.4 Å². The maximum Gasteiger partial charge on any atom is 0.410 e. The predicted octanol–water partition coefficient (Wildman–Crippen LogP) is 7.99. The van der Waals surface area contributed by atoms with Gasteiger partial charge in [-0.3, -0.25) is 18.7 Å². The lowest BCUT2D eigenvalue weighted by molar-refractivity contribution is -0.123. The molecule has 5 aromatic carbocycles. The number of nitrogens with zero attached hydrogens (tertiary/aromatic N) is 3. The number of carbonyl (C=O) groups excluding carboxylic acids is 3. The number of aromatic nitrogens is 2. The smallest absolute Gasteiger partial charge is 0.410 e. The number of fused-ring (bicyclic) bond motifs is 1. The number of ether oxygens (including phenoxy) is 1. The van der Waals surface area contributed by atoms with E-state index < -0.39 is 55.7 Å². The second-order valence-corrected chi connectivity index (χ2v) is 20.0. The van der Waals surface area contributed by atoms with Gasteiger partial charge in [0.05, 0.1) is 29.0 Å². The molecule has 0 bridgehead atoms. The molecule has 0 saturated carbocycles. The van der Waals surface area contributed by atoms with Crippen molar-refractivity contribution in [2.45, 2.75) is 94.9 Å². The molecule has 3 amide bonds. The molecular weight excluding hydrogens is 855 g/mol. The van der Waals surface area contributed by atoms with Crippen molar-refractivity contribution in [2.24, 2.45) is 0 Å². The van der Waals surface area contributed by atoms with E-state index in [4.69, 9.17) is 8.92 Å². The predicted molar refractivity (Wildman–Crippen MR) is 243 cm³/mol. The van der Waals surface area contributed by atoms with Crippen LogP contribution in [0.2, 0.25) is 0 Å². The molecule has 2 atom stereocenters. The summed E-state index contributed by atoms with van der Waals surface area (Å²) in [4.78, 5) is 47.0. The van der Waals surface area contributed by atoms with Gasteiger partial charge in [-0.05, 0) is 113 Å². The summed E-state index contributed by atoms with van der Waals surface area (Å²) in [6.07, 6.45) is 2.14. The van der Waals surface area contributed by atoms with Crippen molar-refractivity contribution < 1.29 is 40.1 Å². The highest BCUT2D eigenvalue weighted by Gasteiger charge is 2.28. The molecule has 1 aromatic heterocycles. The Morgan fingerprint density at radius 2 is 1.39 bits per heavy atom. The van der Waals surface area contributed by atoms with Crippen LogP contribution >= 0.6 is 0 Å². The van der Waals surface area contributed by atoms with E-state index in [0.717, 1.165) is 31.4 Å². The lowest BCUT2D eigenvalue weighted by Gasteiger charge is -2.27. The van der Waals surface area contributed by atoms with Gasteiger partial charge in [0.15, 0.2) is 0 Å². The Morgan fingerprint density at radius 1 is 0.766 bits per heavy atom. The van der Waals surface area contributed by atoms with Gasteiger partial charge in [0.2, 0.25) is 5.91 Å². The molecule has 0 fully saturated rings. The SMILES string of the molecule is Cc1ccc(S(=O)(=O)OCCC[C@H](NC(=O)c2ccc(CN(Cc3nccn3S(=O)(=O)c3ccc(C)cc3)C(=O)OC(C)(C)C)cc2)C(=O)N[C@@H](C)c2cccc3ccccc23)cc1. The van der Waals surface area contributed by atoms with Crippen molar-refractivity contribution in [3.8, 4) is 0 Å². The number of rotatable bonds is 17. The molecule has 64 heavy (non-hydrogen) atoms. The van der Waals surface area contributed by atoms with Crippen LogP contribution in [-0.2, 0) is 46.9 Å². The lowest BCUT2D eigenvalue weighted by atomic mass is 9.99. The van der Waals surface area contributed by atoms with E-state index in [1.54, 1.807) is 69.3 Å². The monoisotopic (exact) mass is 907 g/mol. The van der Waals surface area contributed by atoms with E-state index in [1.807, 2.05) is 63.2 Å². The zero-order valence-corrected chi connectivity index (χ0v) is 38.3. The van der Waals surface area contributed by atoms with Crippen LogP contribution in [0.25, 0.3) is 10.8 Å². The molecule has 0 aliphatic heterocycles. The number of imidazole rings is 1. The van der Waals surface area contributed by atoms with E-state index in [1.165, 1.54) is 41.6 Å². The molecule has 0 unspecified atom stereocenters. The van der Waals surface area contributed by atoms with Crippen LogP contribution in [-0.4, -0.2) is 66.8 Å². The van der Waals surface area contributed by atoms with Crippen LogP contribution in [0.5, 0.6) is 0 Å². The van der Waals surface area contributed by atoms with Gasteiger partial charge in [-0.2, -0.15) is 8.42 Å². The van der Waals surface area contributed by atoms with Crippen molar-refractivity contribution in [3.05, 3.63) is 161 Å². The zero-order valence-electron chi connectivity index (χ0n) is 36.6. The largest absolute Gasteiger partial charge is 0.444 e. The van der Waals surface area contributed by atoms with Crippen molar-refractivity contribution in [1.29, 1.82) is 0 Å². The van der Waals surface area contributed by atoms with Crippen molar-refractivity contribution in [1.82, 2.24) is 24.5 Å². The lowest BCUT2D eigenvalue weighted by Crippen LogP contribution is -2.47. The fourth-order valence-corrected chi connectivity index (χ4v) is 9.15. The summed E-state index contributed by atoms with van der Waals surface area (Å²) in [7, 11) is -8.10. The van der Waals surface area contributed by atoms with E-state index >= 15 is 0 Å². The molecule has 6 rings (SSSR count). The molecule has 14 nitrogen and oxygen atoms in total. The first kappa shape index (κ1) is 47.1. The molecule has 2 N–H and O–H groups in total. The van der Waals surface area contributed by atoms with E-state index in [9.17, 15) is 31.2 Å². The maximum atomic E-state index is 13.9. The second-order valence-electron chi connectivity index (χ2n) is 16.5. The van der Waals surface area contributed by atoms with Crippen molar-refractivity contribution in [2.75, 3.05) is 6.61 Å². The average Bonchev–Trinajstić information content (AvgIpc) is 3.73. The highest BCUT2D eigenvalue weighted by molar-refractivity contribution is 7.90. The molecule has 6 aromatic rings. The summed E-state index contributed by atoms with van der Waals surface area (Å²) in [6.45, 7) is 10.2. The highest BCUT2D eigenvalue weighted by atomic mass is 32.2. The number of carbonyl (C=O) groups is 3. The second kappa shape index (κ2) is 20.0. The number of hydrogen-bond donors (Lipinski definition) is 2. The number of nitrogens with one attached hydrogen (secondary N) is 2. The molecule has 0 aliphatic rings. The minimum Gasteiger partial charge on any atom is -0.444 e.